The average molecular weight is 388 g/mol. The van der Waals surface area contributed by atoms with Gasteiger partial charge in [0.25, 0.3) is 0 Å². The van der Waals surface area contributed by atoms with Crippen molar-refractivity contribution in [3.05, 3.63) is 60.2 Å². The minimum atomic E-state index is -0.354. The van der Waals surface area contributed by atoms with E-state index in [1.165, 1.54) is 0 Å². The van der Waals surface area contributed by atoms with Gasteiger partial charge in [-0.3, -0.25) is 0 Å². The van der Waals surface area contributed by atoms with E-state index in [1.807, 2.05) is 48.5 Å². The largest absolute Gasteiger partial charge is 0.460 e. The second-order valence-electron chi connectivity index (χ2n) is 5.88. The molecule has 2 rings (SSSR count). The minimum absolute atomic E-state index is 0.197. The minimum Gasteiger partial charge on any atom is -0.460 e. The topological polar surface area (TPSA) is 63.2 Å². The van der Waals surface area contributed by atoms with Gasteiger partial charge in [-0.05, 0) is 17.2 Å². The van der Waals surface area contributed by atoms with E-state index < -0.39 is 0 Å². The van der Waals surface area contributed by atoms with Crippen LogP contribution >= 0.6 is 0 Å². The summed E-state index contributed by atoms with van der Waals surface area (Å²) in [4.78, 5) is 12.4. The first-order valence-electron chi connectivity index (χ1n) is 9.36. The van der Waals surface area contributed by atoms with Crippen molar-refractivity contribution in [2.24, 2.45) is 0 Å². The molecule has 0 N–H and O–H groups in total. The highest BCUT2D eigenvalue weighted by Crippen LogP contribution is 2.23. The van der Waals surface area contributed by atoms with Crippen LogP contribution in [0.5, 0.6) is 0 Å². The third-order valence-electron chi connectivity index (χ3n) is 3.87. The van der Waals surface area contributed by atoms with Crippen LogP contribution in [0.2, 0.25) is 0 Å². The third-order valence-corrected chi connectivity index (χ3v) is 3.87. The molecule has 2 aromatic rings. The molecule has 0 amide bonds. The van der Waals surface area contributed by atoms with E-state index in [9.17, 15) is 4.79 Å². The summed E-state index contributed by atoms with van der Waals surface area (Å²) in [6, 6.07) is 17.2. The van der Waals surface area contributed by atoms with Crippen molar-refractivity contribution in [1.29, 1.82) is 0 Å². The van der Waals surface area contributed by atoms with E-state index in [1.54, 1.807) is 13.2 Å². The van der Waals surface area contributed by atoms with Gasteiger partial charge < -0.3 is 23.7 Å². The highest BCUT2D eigenvalue weighted by molar-refractivity contribution is 5.97. The molecule has 0 aromatic heterocycles. The Labute approximate surface area is 166 Å². The molecule has 0 bridgehead atoms. The summed E-state index contributed by atoms with van der Waals surface area (Å²) in [6.07, 6.45) is 0. The number of hydrogen-bond donors (Lipinski definition) is 0. The molecule has 0 saturated carbocycles. The van der Waals surface area contributed by atoms with E-state index >= 15 is 0 Å². The predicted molar refractivity (Wildman–Crippen MR) is 106 cm³/mol. The van der Waals surface area contributed by atoms with Crippen LogP contribution in [0.15, 0.2) is 54.6 Å². The SMILES string of the molecule is COCCOCCOCCOCCOC(=O)c1ccccc1-c1ccccc1. The standard InChI is InChI=1S/C22H28O6/c1-24-11-12-25-13-14-26-15-16-27-17-18-28-22(23)21-10-6-5-9-20(21)19-7-3-2-4-8-19/h2-10H,11-18H2,1H3. The fourth-order valence-electron chi connectivity index (χ4n) is 2.49. The molecule has 6 nitrogen and oxygen atoms in total. The molecular formula is C22H28O6. The summed E-state index contributed by atoms with van der Waals surface area (Å²) >= 11 is 0. The van der Waals surface area contributed by atoms with Crippen LogP contribution in [0.1, 0.15) is 10.4 Å². The van der Waals surface area contributed by atoms with E-state index in [0.29, 0.717) is 51.8 Å². The van der Waals surface area contributed by atoms with Crippen LogP contribution in [0.25, 0.3) is 11.1 Å². The number of hydrogen-bond acceptors (Lipinski definition) is 6. The summed E-state index contributed by atoms with van der Waals surface area (Å²) in [7, 11) is 1.64. The average Bonchev–Trinajstić information content (AvgIpc) is 2.75. The van der Waals surface area contributed by atoms with Crippen LogP contribution in [-0.2, 0) is 23.7 Å². The Morgan fingerprint density at radius 2 is 1.21 bits per heavy atom. The third kappa shape index (κ3) is 8.19. The Hall–Kier alpha value is -2.25. The van der Waals surface area contributed by atoms with E-state index in [0.717, 1.165) is 11.1 Å². The van der Waals surface area contributed by atoms with Crippen LogP contribution in [0.3, 0.4) is 0 Å². The second-order valence-corrected chi connectivity index (χ2v) is 5.88. The van der Waals surface area contributed by atoms with Crippen molar-refractivity contribution in [2.75, 3.05) is 60.0 Å². The molecule has 6 heteroatoms. The molecule has 0 aliphatic heterocycles. The Kier molecular flexibility index (Phi) is 10.9. The highest BCUT2D eigenvalue weighted by Gasteiger charge is 2.13. The smallest absolute Gasteiger partial charge is 0.338 e. The van der Waals surface area contributed by atoms with Gasteiger partial charge in [0, 0.05) is 7.11 Å². The van der Waals surface area contributed by atoms with Gasteiger partial charge in [0.2, 0.25) is 0 Å². The van der Waals surface area contributed by atoms with Gasteiger partial charge in [-0.25, -0.2) is 4.79 Å². The summed E-state index contributed by atoms with van der Waals surface area (Å²) in [5.74, 6) is -0.354. The van der Waals surface area contributed by atoms with Crippen LogP contribution in [-0.4, -0.2) is 65.9 Å². The Morgan fingerprint density at radius 1 is 0.679 bits per heavy atom. The van der Waals surface area contributed by atoms with Crippen molar-refractivity contribution < 1.29 is 28.5 Å². The van der Waals surface area contributed by atoms with Crippen LogP contribution in [0, 0.1) is 0 Å². The summed E-state index contributed by atoms with van der Waals surface area (Å²) in [5, 5.41) is 0. The number of carbonyl (C=O) groups excluding carboxylic acids is 1. The number of methoxy groups -OCH3 is 1. The van der Waals surface area contributed by atoms with E-state index in [4.69, 9.17) is 23.7 Å². The number of ether oxygens (including phenoxy) is 5. The molecule has 2 aromatic carbocycles. The zero-order chi connectivity index (χ0) is 19.9. The van der Waals surface area contributed by atoms with Gasteiger partial charge in [0.05, 0.1) is 51.8 Å². The lowest BCUT2D eigenvalue weighted by atomic mass is 10.00. The Balaban J connectivity index is 1.60. The molecule has 0 atom stereocenters. The summed E-state index contributed by atoms with van der Waals surface area (Å²) in [6.45, 7) is 3.62. The lowest BCUT2D eigenvalue weighted by Crippen LogP contribution is -2.15. The van der Waals surface area contributed by atoms with Crippen molar-refractivity contribution in [1.82, 2.24) is 0 Å². The molecule has 152 valence electrons. The van der Waals surface area contributed by atoms with Gasteiger partial charge in [-0.2, -0.15) is 0 Å². The first-order valence-corrected chi connectivity index (χ1v) is 9.36. The van der Waals surface area contributed by atoms with Gasteiger partial charge in [0.15, 0.2) is 0 Å². The number of benzene rings is 2. The normalized spacial score (nSPS) is 10.8. The highest BCUT2D eigenvalue weighted by atomic mass is 16.6. The van der Waals surface area contributed by atoms with Crippen molar-refractivity contribution >= 4 is 5.97 Å². The zero-order valence-electron chi connectivity index (χ0n) is 16.3. The zero-order valence-corrected chi connectivity index (χ0v) is 16.3. The number of carbonyl (C=O) groups is 1. The lowest BCUT2D eigenvalue weighted by Gasteiger charge is -2.10. The van der Waals surface area contributed by atoms with Crippen LogP contribution in [0.4, 0.5) is 0 Å². The van der Waals surface area contributed by atoms with Crippen LogP contribution < -0.4 is 0 Å². The molecular weight excluding hydrogens is 360 g/mol. The maximum absolute atomic E-state index is 12.4. The van der Waals surface area contributed by atoms with Crippen molar-refractivity contribution in [2.45, 2.75) is 0 Å². The fraction of sp³-hybridized carbons (Fsp3) is 0.409. The van der Waals surface area contributed by atoms with E-state index in [-0.39, 0.29) is 12.6 Å². The number of esters is 1. The molecule has 0 aliphatic carbocycles. The molecule has 0 fully saturated rings. The summed E-state index contributed by atoms with van der Waals surface area (Å²) < 4.78 is 26.3. The van der Waals surface area contributed by atoms with Gasteiger partial charge in [-0.1, -0.05) is 48.5 Å². The van der Waals surface area contributed by atoms with Gasteiger partial charge in [-0.15, -0.1) is 0 Å². The Morgan fingerprint density at radius 3 is 1.86 bits per heavy atom. The second kappa shape index (κ2) is 13.8. The van der Waals surface area contributed by atoms with Gasteiger partial charge in [0.1, 0.15) is 6.61 Å². The molecule has 0 aliphatic rings. The maximum atomic E-state index is 12.4. The first-order chi connectivity index (χ1) is 13.8. The molecule has 0 heterocycles. The lowest BCUT2D eigenvalue weighted by molar-refractivity contribution is -0.00550. The quantitative estimate of drug-likeness (QED) is 0.366. The predicted octanol–water partition coefficient (Wildman–Crippen LogP) is 3.21. The summed E-state index contributed by atoms with van der Waals surface area (Å²) in [5.41, 5.74) is 2.38. The molecule has 0 saturated heterocycles. The van der Waals surface area contributed by atoms with Crippen molar-refractivity contribution in [3.63, 3.8) is 0 Å². The van der Waals surface area contributed by atoms with Crippen molar-refractivity contribution in [3.8, 4) is 11.1 Å². The first kappa shape index (κ1) is 22.0. The molecule has 0 radical (unpaired) electrons. The number of rotatable bonds is 14. The Bertz CT molecular complexity index is 674. The van der Waals surface area contributed by atoms with Gasteiger partial charge >= 0.3 is 5.97 Å². The fourth-order valence-corrected chi connectivity index (χ4v) is 2.49. The molecule has 0 spiro atoms. The van der Waals surface area contributed by atoms with E-state index in [2.05, 4.69) is 0 Å². The maximum Gasteiger partial charge on any atom is 0.338 e. The molecule has 28 heavy (non-hydrogen) atoms. The monoisotopic (exact) mass is 388 g/mol. The molecule has 0 unspecified atom stereocenters.